The van der Waals surface area contributed by atoms with E-state index in [2.05, 4.69) is 32.8 Å². The lowest BCUT2D eigenvalue weighted by molar-refractivity contribution is 0.0149. The van der Waals surface area contributed by atoms with E-state index in [1.807, 2.05) is 37.6 Å². The van der Waals surface area contributed by atoms with Crippen LogP contribution in [0.3, 0.4) is 0 Å². The Kier molecular flexibility index (Phi) is 7.54. The molecule has 1 unspecified atom stereocenters. The molecular weight excluding hydrogens is 502 g/mol. The van der Waals surface area contributed by atoms with Gasteiger partial charge in [-0.1, -0.05) is 18.7 Å². The van der Waals surface area contributed by atoms with Gasteiger partial charge in [-0.3, -0.25) is 0 Å². The number of hydrogen-bond donors (Lipinski definition) is 0. The molecule has 0 aliphatic carbocycles. The maximum atomic E-state index is 14.6. The predicted molar refractivity (Wildman–Crippen MR) is 127 cm³/mol. The fraction of sp³-hybridized carbons (Fsp3) is 0.591. The summed E-state index contributed by atoms with van der Waals surface area (Å²) < 4.78 is 34.7. The van der Waals surface area contributed by atoms with E-state index >= 15 is 0 Å². The van der Waals surface area contributed by atoms with Crippen LogP contribution in [0.1, 0.15) is 47.0 Å². The van der Waals surface area contributed by atoms with Gasteiger partial charge in [-0.2, -0.15) is 0 Å². The average Bonchev–Trinajstić information content (AvgIpc) is 3.12. The first kappa shape index (κ1) is 25.0. The Labute approximate surface area is 200 Å². The molecule has 3 rings (SSSR count). The molecule has 10 heteroatoms. The van der Waals surface area contributed by atoms with Gasteiger partial charge < -0.3 is 14.5 Å². The van der Waals surface area contributed by atoms with Crippen LogP contribution < -0.4 is 4.90 Å². The second kappa shape index (κ2) is 9.67. The molecule has 2 atom stereocenters. The Balaban J connectivity index is 1.98. The molecule has 1 aliphatic rings. The molecule has 0 bridgehead atoms. The van der Waals surface area contributed by atoms with E-state index in [1.165, 1.54) is 11.8 Å². The zero-order chi connectivity index (χ0) is 23.8. The van der Waals surface area contributed by atoms with Gasteiger partial charge in [-0.05, 0) is 62.2 Å². The molecule has 1 aromatic carbocycles. The first-order valence-electron chi connectivity index (χ1n) is 10.6. The first-order valence-corrected chi connectivity index (χ1v) is 12.6. The number of likely N-dealkylation sites (tertiary alicyclic amines) is 1. The van der Waals surface area contributed by atoms with E-state index in [1.54, 1.807) is 6.26 Å². The van der Waals surface area contributed by atoms with E-state index in [-0.39, 0.29) is 33.6 Å². The Bertz CT molecular complexity index is 1020. The predicted octanol–water partition coefficient (Wildman–Crippen LogP) is 6.01. The summed E-state index contributed by atoms with van der Waals surface area (Å²) in [5.74, 6) is -1.04. The molecule has 0 N–H and O–H groups in total. The fourth-order valence-electron chi connectivity index (χ4n) is 4.09. The van der Waals surface area contributed by atoms with Gasteiger partial charge in [0.1, 0.15) is 22.8 Å². The van der Waals surface area contributed by atoms with Crippen LogP contribution in [0.5, 0.6) is 0 Å². The lowest BCUT2D eigenvalue weighted by Crippen LogP contribution is -2.48. The molecule has 176 valence electrons. The van der Waals surface area contributed by atoms with Crippen molar-refractivity contribution in [2.75, 3.05) is 24.7 Å². The van der Waals surface area contributed by atoms with Crippen molar-refractivity contribution in [3.05, 3.63) is 22.2 Å². The van der Waals surface area contributed by atoms with Crippen LogP contribution in [0, 0.1) is 11.6 Å². The minimum Gasteiger partial charge on any atom is -0.444 e. The molecule has 1 fully saturated rings. The van der Waals surface area contributed by atoms with E-state index in [0.717, 1.165) is 25.3 Å². The third-order valence-electron chi connectivity index (χ3n) is 5.50. The van der Waals surface area contributed by atoms with Crippen LogP contribution >= 0.6 is 27.7 Å². The summed E-state index contributed by atoms with van der Waals surface area (Å²) >= 11 is 4.53. The molecule has 0 spiro atoms. The van der Waals surface area contributed by atoms with Crippen molar-refractivity contribution < 1.29 is 18.3 Å². The first-order chi connectivity index (χ1) is 15.0. The highest BCUT2D eigenvalue weighted by Gasteiger charge is 2.39. The van der Waals surface area contributed by atoms with Gasteiger partial charge in [-0.25, -0.2) is 23.5 Å². The van der Waals surface area contributed by atoms with Gasteiger partial charge in [-0.15, -0.1) is 0 Å². The van der Waals surface area contributed by atoms with Crippen LogP contribution in [0.2, 0.25) is 0 Å². The molecular formula is C22H29BrF2N4O2S. The molecule has 1 saturated heterocycles. The van der Waals surface area contributed by atoms with Crippen LogP contribution in [0.4, 0.5) is 19.4 Å². The number of amides is 1. The smallest absolute Gasteiger partial charge is 0.410 e. The summed E-state index contributed by atoms with van der Waals surface area (Å²) in [5, 5.41) is 0.662. The molecule has 1 aromatic heterocycles. The topological polar surface area (TPSA) is 58.6 Å². The van der Waals surface area contributed by atoms with Crippen molar-refractivity contribution in [2.24, 2.45) is 0 Å². The Morgan fingerprint density at radius 3 is 2.53 bits per heavy atom. The summed E-state index contributed by atoms with van der Waals surface area (Å²) in [7, 11) is 1.81. The third kappa shape index (κ3) is 5.11. The number of thioether (sulfide) groups is 1. The maximum absolute atomic E-state index is 14.6. The number of ether oxygens (including phenoxy) is 1. The van der Waals surface area contributed by atoms with Crippen LogP contribution in [-0.2, 0) is 4.74 Å². The summed E-state index contributed by atoms with van der Waals surface area (Å²) in [6.07, 6.45) is 3.98. The number of fused-ring (bicyclic) bond motifs is 1. The van der Waals surface area contributed by atoms with Gasteiger partial charge in [0.05, 0.1) is 15.9 Å². The normalized spacial score (nSPS) is 19.0. The molecule has 1 aliphatic heterocycles. The molecule has 2 aromatic rings. The monoisotopic (exact) mass is 530 g/mol. The van der Waals surface area contributed by atoms with Gasteiger partial charge in [0.15, 0.2) is 11.0 Å². The molecule has 1 amide bonds. The Hall–Kier alpha value is -1.68. The number of nitrogens with zero attached hydrogens (tertiary/aromatic N) is 4. The van der Waals surface area contributed by atoms with Crippen molar-refractivity contribution in [1.29, 1.82) is 0 Å². The highest BCUT2D eigenvalue weighted by molar-refractivity contribution is 9.10. The number of rotatable bonds is 5. The Morgan fingerprint density at radius 1 is 1.28 bits per heavy atom. The van der Waals surface area contributed by atoms with E-state index in [9.17, 15) is 13.6 Å². The number of likely N-dealkylation sites (N-methyl/N-ethyl adjacent to an activating group) is 1. The average molecular weight is 531 g/mol. The Morgan fingerprint density at radius 2 is 1.94 bits per heavy atom. The number of carbonyl (C=O) groups excluding carboxylic acids is 1. The van der Waals surface area contributed by atoms with E-state index in [0.29, 0.717) is 17.5 Å². The zero-order valence-electron chi connectivity index (χ0n) is 19.2. The summed E-state index contributed by atoms with van der Waals surface area (Å²) in [4.78, 5) is 25.4. The summed E-state index contributed by atoms with van der Waals surface area (Å²) in [5.41, 5.74) is -0.536. The molecule has 2 heterocycles. The van der Waals surface area contributed by atoms with Crippen LogP contribution in [0.25, 0.3) is 10.9 Å². The number of carbonyl (C=O) groups is 1. The van der Waals surface area contributed by atoms with E-state index in [4.69, 9.17) is 4.74 Å². The number of aromatic nitrogens is 2. The second-order valence-electron chi connectivity index (χ2n) is 8.97. The quantitative estimate of drug-likeness (QED) is 0.268. The van der Waals surface area contributed by atoms with Crippen molar-refractivity contribution in [2.45, 2.75) is 69.8 Å². The lowest BCUT2D eigenvalue weighted by Gasteiger charge is -2.34. The zero-order valence-corrected chi connectivity index (χ0v) is 21.6. The maximum Gasteiger partial charge on any atom is 0.410 e. The van der Waals surface area contributed by atoms with Crippen molar-refractivity contribution in [3.8, 4) is 0 Å². The van der Waals surface area contributed by atoms with Crippen LogP contribution in [-0.4, -0.2) is 58.5 Å². The number of halogens is 3. The molecule has 6 nitrogen and oxygen atoms in total. The largest absolute Gasteiger partial charge is 0.444 e. The third-order valence-corrected chi connectivity index (χ3v) is 6.83. The van der Waals surface area contributed by atoms with Gasteiger partial charge in [0, 0.05) is 25.7 Å². The van der Waals surface area contributed by atoms with Crippen molar-refractivity contribution in [3.63, 3.8) is 0 Å². The lowest BCUT2D eigenvalue weighted by atomic mass is 10.1. The minimum absolute atomic E-state index is 0.0568. The fourth-order valence-corrected chi connectivity index (χ4v) is 4.93. The molecule has 32 heavy (non-hydrogen) atoms. The van der Waals surface area contributed by atoms with Gasteiger partial charge in [0.25, 0.3) is 0 Å². The number of hydrogen-bond acceptors (Lipinski definition) is 6. The minimum atomic E-state index is -0.740. The molecule has 0 radical (unpaired) electrons. The van der Waals surface area contributed by atoms with E-state index < -0.39 is 17.2 Å². The van der Waals surface area contributed by atoms with Crippen molar-refractivity contribution >= 4 is 50.5 Å². The van der Waals surface area contributed by atoms with Gasteiger partial charge in [0.2, 0.25) is 0 Å². The standard InChI is InChI=1S/C22H29BrF2N4O2S/c1-7-12-8-9-13(29(12)21(30)31-22(2,3)4)11-28(5)19-16-17(23)14(24)10-15(25)18(16)26-20(27-19)32-6/h10,12-13H,7-9,11H2,1-6H3/t12?,13-/m1/s1. The highest BCUT2D eigenvalue weighted by atomic mass is 79.9. The SMILES string of the molecule is CCC1CC[C@H](CN(C)c2nc(SC)nc3c(F)cc(F)c(Br)c23)N1C(=O)OC(C)(C)C. The van der Waals surface area contributed by atoms with Crippen LogP contribution in [0.15, 0.2) is 15.7 Å². The molecule has 0 saturated carbocycles. The second-order valence-corrected chi connectivity index (χ2v) is 10.5. The number of benzene rings is 1. The van der Waals surface area contributed by atoms with Gasteiger partial charge >= 0.3 is 6.09 Å². The summed E-state index contributed by atoms with van der Waals surface area (Å²) in [6.45, 7) is 8.04. The highest BCUT2D eigenvalue weighted by Crippen LogP contribution is 2.36. The number of anilines is 1. The van der Waals surface area contributed by atoms with Crippen molar-refractivity contribution in [1.82, 2.24) is 14.9 Å². The summed E-state index contributed by atoms with van der Waals surface area (Å²) in [6, 6.07) is 0.800.